The number of amides is 1. The van der Waals surface area contributed by atoms with Crippen molar-refractivity contribution in [2.75, 3.05) is 10.6 Å². The molecule has 1 aromatic heterocycles. The number of carbonyl (C=O) groups is 2. The third-order valence-corrected chi connectivity index (χ3v) is 8.48. The number of carboxylic acid groups (broad SMARTS) is 1. The molecular formula is C36H31ClF2N4O5. The first-order chi connectivity index (χ1) is 23.0. The van der Waals surface area contributed by atoms with Gasteiger partial charge >= 0.3 is 5.97 Å². The van der Waals surface area contributed by atoms with Gasteiger partial charge in [0.1, 0.15) is 11.6 Å². The normalized spacial score (nSPS) is 15.0. The molecule has 1 unspecified atom stereocenters. The van der Waals surface area contributed by atoms with Crippen molar-refractivity contribution < 1.29 is 33.0 Å². The summed E-state index contributed by atoms with van der Waals surface area (Å²) in [4.78, 5) is 29.2. The van der Waals surface area contributed by atoms with E-state index < -0.39 is 29.3 Å². The van der Waals surface area contributed by atoms with Crippen LogP contribution in [0.15, 0.2) is 79.3 Å². The molecule has 0 spiro atoms. The molecule has 2 heterocycles. The number of carboxylic acids is 1. The van der Waals surface area contributed by atoms with Crippen molar-refractivity contribution in [2.24, 2.45) is 0 Å². The minimum absolute atomic E-state index is 0.0950. The Kier molecular flexibility index (Phi) is 8.81. The minimum atomic E-state index is -1.51. The minimum Gasteiger partial charge on any atom is -0.478 e. The lowest BCUT2D eigenvalue weighted by atomic mass is 10.0. The number of imidazole rings is 1. The smallest absolute Gasteiger partial charge is 0.336 e. The number of aromatic carboxylic acids is 1. The molecule has 12 heteroatoms. The molecule has 48 heavy (non-hydrogen) atoms. The quantitative estimate of drug-likeness (QED) is 0.138. The van der Waals surface area contributed by atoms with E-state index >= 15 is 4.39 Å². The number of hydrogen-bond donors (Lipinski definition) is 3. The first kappa shape index (κ1) is 32.5. The van der Waals surface area contributed by atoms with Crippen molar-refractivity contribution in [1.82, 2.24) is 9.55 Å². The number of hydrogen-bond acceptors (Lipinski definition) is 6. The zero-order valence-electron chi connectivity index (χ0n) is 26.2. The predicted octanol–water partition coefficient (Wildman–Crippen LogP) is 7.95. The second kappa shape index (κ2) is 13.0. The number of rotatable bonds is 10. The maximum atomic E-state index is 15.7. The molecule has 0 bridgehead atoms. The van der Waals surface area contributed by atoms with Gasteiger partial charge in [-0.1, -0.05) is 35.9 Å². The van der Waals surface area contributed by atoms with Crippen LogP contribution < -0.4 is 20.1 Å². The largest absolute Gasteiger partial charge is 0.478 e. The summed E-state index contributed by atoms with van der Waals surface area (Å²) >= 11 is 5.92. The van der Waals surface area contributed by atoms with E-state index in [9.17, 15) is 19.1 Å². The summed E-state index contributed by atoms with van der Waals surface area (Å²) in [5.41, 5.74) is 3.42. The fourth-order valence-corrected chi connectivity index (χ4v) is 5.97. The van der Waals surface area contributed by atoms with Crippen LogP contribution in [-0.2, 0) is 30.1 Å². The molecule has 0 fully saturated rings. The monoisotopic (exact) mass is 672 g/mol. The summed E-state index contributed by atoms with van der Waals surface area (Å²) in [6.07, 6.45) is 3.26. The second-order valence-electron chi connectivity index (χ2n) is 11.4. The lowest BCUT2D eigenvalue weighted by Gasteiger charge is -2.24. The second-order valence-corrected chi connectivity index (χ2v) is 11.9. The van der Waals surface area contributed by atoms with E-state index in [2.05, 4.69) is 15.6 Å². The highest BCUT2D eigenvalue weighted by Crippen LogP contribution is 2.50. The van der Waals surface area contributed by atoms with Crippen LogP contribution in [0.3, 0.4) is 0 Å². The molecule has 0 radical (unpaired) electrons. The molecular weight excluding hydrogens is 642 g/mol. The van der Waals surface area contributed by atoms with E-state index in [4.69, 9.17) is 21.1 Å². The van der Waals surface area contributed by atoms with Gasteiger partial charge in [0.15, 0.2) is 11.5 Å². The summed E-state index contributed by atoms with van der Waals surface area (Å²) in [6.45, 7) is 6.27. The number of carbonyl (C=O) groups excluding carboxylic acids is 1. The van der Waals surface area contributed by atoms with Crippen LogP contribution in [0.25, 0.3) is 11.1 Å². The summed E-state index contributed by atoms with van der Waals surface area (Å²) in [7, 11) is 0. The lowest BCUT2D eigenvalue weighted by molar-refractivity contribution is -0.115. The van der Waals surface area contributed by atoms with Crippen molar-refractivity contribution in [1.29, 1.82) is 0 Å². The standard InChI is InChI=1S/C36H31ClF2N4O5/c1-4-43-19-40-17-23(43)18-41-33-20(2)24(35(45)46)11-13-30(33)42-32(44)15-21-8-10-25(28(38)14-21)26-6-5-7-31-34(26)48-36(3,47-31)27-12-9-22(37)16-29(27)39/h5-14,16-17,19,41H,4,15,18H2,1-3H3,(H,42,44)(H,45,46). The van der Waals surface area contributed by atoms with E-state index in [1.54, 1.807) is 56.7 Å². The lowest BCUT2D eigenvalue weighted by Crippen LogP contribution is -2.32. The Morgan fingerprint density at radius 1 is 1.02 bits per heavy atom. The highest BCUT2D eigenvalue weighted by atomic mass is 35.5. The number of nitrogens with zero attached hydrogens (tertiary/aromatic N) is 2. The zero-order valence-corrected chi connectivity index (χ0v) is 27.0. The van der Waals surface area contributed by atoms with E-state index in [0.29, 0.717) is 46.9 Å². The van der Waals surface area contributed by atoms with Crippen molar-refractivity contribution in [3.05, 3.63) is 124 Å². The Bertz CT molecular complexity index is 2070. The molecule has 0 aliphatic carbocycles. The Hall–Kier alpha value is -5.42. The summed E-state index contributed by atoms with van der Waals surface area (Å²) in [5, 5.41) is 16.0. The Labute approximate surface area is 280 Å². The number of anilines is 2. The Morgan fingerprint density at radius 2 is 1.83 bits per heavy atom. The number of para-hydroxylation sites is 1. The van der Waals surface area contributed by atoms with Crippen molar-refractivity contribution >= 4 is 34.9 Å². The fourth-order valence-electron chi connectivity index (χ4n) is 5.81. The molecule has 5 aromatic rings. The number of nitrogens with one attached hydrogen (secondary N) is 2. The maximum Gasteiger partial charge on any atom is 0.336 e. The molecule has 3 N–H and O–H groups in total. The van der Waals surface area contributed by atoms with Gasteiger partial charge in [-0.15, -0.1) is 0 Å². The number of aryl methyl sites for hydroxylation is 1. The van der Waals surface area contributed by atoms with E-state index in [0.717, 1.165) is 5.69 Å². The molecule has 1 amide bonds. The van der Waals surface area contributed by atoms with Crippen LogP contribution in [0.4, 0.5) is 20.2 Å². The van der Waals surface area contributed by atoms with Gasteiger partial charge in [-0.3, -0.25) is 4.79 Å². The number of fused-ring (bicyclic) bond motifs is 1. The average Bonchev–Trinajstić information content (AvgIpc) is 3.64. The van der Waals surface area contributed by atoms with Gasteiger partial charge < -0.3 is 29.8 Å². The predicted molar refractivity (Wildman–Crippen MR) is 178 cm³/mol. The van der Waals surface area contributed by atoms with Gasteiger partial charge in [-0.25, -0.2) is 18.6 Å². The molecule has 1 aliphatic rings. The molecule has 0 saturated heterocycles. The van der Waals surface area contributed by atoms with E-state index in [1.165, 1.54) is 36.4 Å². The van der Waals surface area contributed by atoms with Gasteiger partial charge in [0, 0.05) is 35.8 Å². The van der Waals surface area contributed by atoms with Gasteiger partial charge in [0.25, 0.3) is 5.79 Å². The van der Waals surface area contributed by atoms with Gasteiger partial charge in [-0.2, -0.15) is 0 Å². The summed E-state index contributed by atoms with van der Waals surface area (Å²) in [5.74, 6) is -3.66. The van der Waals surface area contributed by atoms with Crippen LogP contribution in [-0.4, -0.2) is 26.5 Å². The fraction of sp³-hybridized carbons (Fsp3) is 0.194. The summed E-state index contributed by atoms with van der Waals surface area (Å²) in [6, 6.07) is 16.6. The van der Waals surface area contributed by atoms with Gasteiger partial charge in [0.05, 0.1) is 47.5 Å². The number of halogens is 3. The first-order valence-electron chi connectivity index (χ1n) is 15.1. The van der Waals surface area contributed by atoms with Gasteiger partial charge in [-0.05, 0) is 67.4 Å². The highest BCUT2D eigenvalue weighted by molar-refractivity contribution is 6.30. The molecule has 1 aliphatic heterocycles. The average molecular weight is 673 g/mol. The topological polar surface area (TPSA) is 115 Å². The third-order valence-electron chi connectivity index (χ3n) is 8.24. The van der Waals surface area contributed by atoms with Crippen LogP contribution in [0.2, 0.25) is 5.02 Å². The first-order valence-corrected chi connectivity index (χ1v) is 15.5. The van der Waals surface area contributed by atoms with Crippen molar-refractivity contribution in [3.8, 4) is 22.6 Å². The number of aromatic nitrogens is 2. The van der Waals surface area contributed by atoms with Crippen LogP contribution in [0.5, 0.6) is 11.5 Å². The SMILES string of the molecule is CCn1cncc1CNc1c(NC(=O)Cc2ccc(-c3cccc4c3OC(C)(c3ccc(Cl)cc3F)O4)c(F)c2)ccc(C(=O)O)c1C. The number of ether oxygens (including phenoxy) is 2. The molecule has 1 atom stereocenters. The number of benzene rings is 4. The zero-order chi connectivity index (χ0) is 34.2. The Morgan fingerprint density at radius 3 is 2.56 bits per heavy atom. The molecule has 246 valence electrons. The molecule has 6 rings (SSSR count). The molecule has 0 saturated carbocycles. The van der Waals surface area contributed by atoms with Crippen molar-refractivity contribution in [3.63, 3.8) is 0 Å². The van der Waals surface area contributed by atoms with Crippen LogP contribution in [0, 0.1) is 18.6 Å². The third kappa shape index (κ3) is 6.28. The molecule has 9 nitrogen and oxygen atoms in total. The van der Waals surface area contributed by atoms with Gasteiger partial charge in [0.2, 0.25) is 5.91 Å². The Balaban J connectivity index is 1.21. The maximum absolute atomic E-state index is 15.7. The van der Waals surface area contributed by atoms with Crippen molar-refractivity contribution in [2.45, 2.75) is 46.1 Å². The molecule has 4 aromatic carbocycles. The summed E-state index contributed by atoms with van der Waals surface area (Å²) < 4.78 is 44.5. The highest BCUT2D eigenvalue weighted by Gasteiger charge is 2.42. The van der Waals surface area contributed by atoms with E-state index in [1.807, 2.05) is 11.5 Å². The van der Waals surface area contributed by atoms with Crippen LogP contribution in [0.1, 0.15) is 46.6 Å². The van der Waals surface area contributed by atoms with Crippen LogP contribution >= 0.6 is 11.6 Å². The van der Waals surface area contributed by atoms with E-state index in [-0.39, 0.29) is 33.9 Å².